The van der Waals surface area contributed by atoms with Crippen molar-refractivity contribution in [1.29, 1.82) is 0 Å². The molecular formula is C26H29ClN4. The van der Waals surface area contributed by atoms with E-state index >= 15 is 0 Å². The van der Waals surface area contributed by atoms with Gasteiger partial charge in [0.15, 0.2) is 0 Å². The van der Waals surface area contributed by atoms with Crippen molar-refractivity contribution in [3.63, 3.8) is 0 Å². The summed E-state index contributed by atoms with van der Waals surface area (Å²) in [6.07, 6.45) is 0. The normalized spacial score (nSPS) is 11.0. The third kappa shape index (κ3) is 5.40. The number of para-hydroxylation sites is 2. The van der Waals surface area contributed by atoms with Gasteiger partial charge in [-0.2, -0.15) is 4.98 Å². The number of quaternary nitrogens is 1. The zero-order valence-corrected chi connectivity index (χ0v) is 19.2. The Morgan fingerprint density at radius 2 is 1.19 bits per heavy atom. The number of anilines is 2. The minimum absolute atomic E-state index is 0. The summed E-state index contributed by atoms with van der Waals surface area (Å²) in [6.45, 7) is 8.82. The molecule has 0 aliphatic carbocycles. The van der Waals surface area contributed by atoms with Gasteiger partial charge >= 0.3 is 0 Å². The number of aromatic nitrogens is 2. The van der Waals surface area contributed by atoms with Crippen molar-refractivity contribution in [3.05, 3.63) is 83.9 Å². The summed E-state index contributed by atoms with van der Waals surface area (Å²) in [5.74, 6) is 2.63. The Balaban J connectivity index is 0.00000272. The fourth-order valence-electron chi connectivity index (χ4n) is 3.43. The zero-order valence-electron chi connectivity index (χ0n) is 18.4. The summed E-state index contributed by atoms with van der Waals surface area (Å²) in [6, 6.07) is 25.2. The molecule has 0 aliphatic rings. The van der Waals surface area contributed by atoms with Crippen LogP contribution >= 0.6 is 0 Å². The Labute approximate surface area is 190 Å². The van der Waals surface area contributed by atoms with Crippen molar-refractivity contribution in [2.45, 2.75) is 39.5 Å². The van der Waals surface area contributed by atoms with Gasteiger partial charge in [-0.3, -0.25) is 5.32 Å². The molecule has 3 aromatic carbocycles. The standard InChI is InChI=1S/C26H28N4.ClH/c1-17(2)19-9-13-21(14-10-19)27-25-26(30-24-8-6-5-7-23(24)29-25)28-22-15-11-20(12-16-22)18(3)4;/h5-18H,1-4H3,(H,27,29)(H,28,30);1H. The maximum atomic E-state index is 4.89. The first-order valence-corrected chi connectivity index (χ1v) is 10.6. The van der Waals surface area contributed by atoms with E-state index in [4.69, 9.17) is 9.97 Å². The number of fused-ring (bicyclic) bond motifs is 1. The molecule has 4 aromatic rings. The molecule has 31 heavy (non-hydrogen) atoms. The van der Waals surface area contributed by atoms with Crippen LogP contribution in [0.25, 0.3) is 11.0 Å². The van der Waals surface area contributed by atoms with E-state index in [1.165, 1.54) is 11.1 Å². The second kappa shape index (κ2) is 9.90. The van der Waals surface area contributed by atoms with Crippen molar-refractivity contribution in [2.75, 3.05) is 5.32 Å². The van der Waals surface area contributed by atoms with Crippen LogP contribution in [-0.4, -0.2) is 9.97 Å². The second-order valence-corrected chi connectivity index (χ2v) is 8.31. The molecule has 0 atom stereocenters. The van der Waals surface area contributed by atoms with Crippen LogP contribution in [0.15, 0.2) is 72.8 Å². The molecule has 1 heterocycles. The van der Waals surface area contributed by atoms with Crippen molar-refractivity contribution in [1.82, 2.24) is 9.97 Å². The molecule has 0 saturated heterocycles. The number of halogens is 1. The number of benzene rings is 3. The molecule has 0 radical (unpaired) electrons. The van der Waals surface area contributed by atoms with E-state index in [0.717, 1.165) is 34.0 Å². The first kappa shape index (κ1) is 22.7. The first-order valence-electron chi connectivity index (χ1n) is 10.6. The summed E-state index contributed by atoms with van der Waals surface area (Å²) >= 11 is 0. The highest BCUT2D eigenvalue weighted by atomic mass is 35.5. The molecule has 5 heteroatoms. The highest BCUT2D eigenvalue weighted by Crippen LogP contribution is 2.25. The first-order chi connectivity index (χ1) is 14.5. The molecule has 3 N–H and O–H groups in total. The molecule has 0 bridgehead atoms. The number of hydrogen-bond donors (Lipinski definition) is 2. The Hall–Kier alpha value is -2.95. The monoisotopic (exact) mass is 432 g/mol. The molecule has 0 aliphatic heterocycles. The summed E-state index contributed by atoms with van der Waals surface area (Å²) in [5, 5.41) is 5.57. The molecule has 160 valence electrons. The van der Waals surface area contributed by atoms with E-state index in [1.54, 1.807) is 0 Å². The van der Waals surface area contributed by atoms with Crippen molar-refractivity contribution < 1.29 is 17.7 Å². The smallest absolute Gasteiger partial charge is 0.273 e. The quantitative estimate of drug-likeness (QED) is 0.460. The van der Waals surface area contributed by atoms with Gasteiger partial charge < -0.3 is 17.7 Å². The lowest BCUT2D eigenvalue weighted by atomic mass is 10.0. The maximum absolute atomic E-state index is 4.89. The molecule has 4 nitrogen and oxygen atoms in total. The maximum Gasteiger partial charge on any atom is 0.273 e. The Bertz CT molecular complexity index is 1040. The number of rotatable bonds is 6. The Morgan fingerprint density at radius 1 is 0.677 bits per heavy atom. The Kier molecular flexibility index (Phi) is 7.26. The minimum Gasteiger partial charge on any atom is -1.00 e. The summed E-state index contributed by atoms with van der Waals surface area (Å²) in [5.41, 5.74) is 6.55. The van der Waals surface area contributed by atoms with E-state index in [1.807, 2.05) is 24.3 Å². The lowest BCUT2D eigenvalue weighted by Gasteiger charge is -2.12. The summed E-state index contributed by atoms with van der Waals surface area (Å²) in [4.78, 5) is 9.75. The van der Waals surface area contributed by atoms with Gasteiger partial charge in [0, 0.05) is 5.69 Å². The number of nitrogens with two attached hydrogens (primary N) is 1. The van der Waals surface area contributed by atoms with Gasteiger partial charge in [-0.05, 0) is 59.4 Å². The van der Waals surface area contributed by atoms with E-state index in [9.17, 15) is 0 Å². The molecule has 0 amide bonds. The van der Waals surface area contributed by atoms with E-state index in [0.29, 0.717) is 11.8 Å². The molecule has 4 rings (SSSR count). The van der Waals surface area contributed by atoms with E-state index < -0.39 is 0 Å². The molecule has 0 unspecified atom stereocenters. The van der Waals surface area contributed by atoms with Gasteiger partial charge in [-0.25, -0.2) is 4.98 Å². The van der Waals surface area contributed by atoms with Crippen LogP contribution in [0.5, 0.6) is 0 Å². The zero-order chi connectivity index (χ0) is 21.1. The largest absolute Gasteiger partial charge is 1.00 e. The number of hydrogen-bond acceptors (Lipinski definition) is 3. The van der Waals surface area contributed by atoms with E-state index in [2.05, 4.69) is 86.9 Å². The van der Waals surface area contributed by atoms with Crippen molar-refractivity contribution >= 4 is 34.0 Å². The van der Waals surface area contributed by atoms with Crippen LogP contribution in [0.3, 0.4) is 0 Å². The highest BCUT2D eigenvalue weighted by Gasteiger charge is 2.15. The third-order valence-corrected chi connectivity index (χ3v) is 5.34. The molecular weight excluding hydrogens is 404 g/mol. The van der Waals surface area contributed by atoms with Crippen molar-refractivity contribution in [3.8, 4) is 0 Å². The molecule has 1 aromatic heterocycles. The van der Waals surface area contributed by atoms with Gasteiger partial charge in [0.2, 0.25) is 5.82 Å². The van der Waals surface area contributed by atoms with Crippen molar-refractivity contribution in [2.24, 2.45) is 0 Å². The topological polar surface area (TPSA) is 54.4 Å². The number of nitrogens with zero attached hydrogens (tertiary/aromatic N) is 2. The molecule has 0 saturated carbocycles. The summed E-state index contributed by atoms with van der Waals surface area (Å²) in [7, 11) is 0. The fourth-order valence-corrected chi connectivity index (χ4v) is 3.43. The van der Waals surface area contributed by atoms with Gasteiger partial charge in [-0.1, -0.05) is 64.1 Å². The predicted octanol–water partition coefficient (Wildman–Crippen LogP) is 3.15. The van der Waals surface area contributed by atoms with Crippen LogP contribution in [0, 0.1) is 0 Å². The van der Waals surface area contributed by atoms with Crippen LogP contribution in [0.1, 0.15) is 50.7 Å². The van der Waals surface area contributed by atoms with Crippen LogP contribution in [0.4, 0.5) is 23.0 Å². The van der Waals surface area contributed by atoms with Gasteiger partial charge in [0.25, 0.3) is 5.82 Å². The van der Waals surface area contributed by atoms with Gasteiger partial charge in [0.05, 0.1) is 11.0 Å². The highest BCUT2D eigenvalue weighted by molar-refractivity contribution is 5.79. The lowest BCUT2D eigenvalue weighted by Crippen LogP contribution is -3.00. The average Bonchev–Trinajstić information content (AvgIpc) is 2.75. The Morgan fingerprint density at radius 3 is 1.74 bits per heavy atom. The average molecular weight is 433 g/mol. The molecule has 0 spiro atoms. The number of nitrogens with one attached hydrogen (secondary N) is 1. The van der Waals surface area contributed by atoms with Gasteiger partial charge in [-0.15, -0.1) is 0 Å². The van der Waals surface area contributed by atoms with Crippen LogP contribution in [0.2, 0.25) is 0 Å². The third-order valence-electron chi connectivity index (χ3n) is 5.34. The van der Waals surface area contributed by atoms with Crippen LogP contribution in [-0.2, 0) is 0 Å². The van der Waals surface area contributed by atoms with E-state index in [-0.39, 0.29) is 12.4 Å². The fraction of sp³-hybridized carbons (Fsp3) is 0.231. The molecule has 0 fully saturated rings. The predicted molar refractivity (Wildman–Crippen MR) is 125 cm³/mol. The lowest BCUT2D eigenvalue weighted by molar-refractivity contribution is -0.482. The second-order valence-electron chi connectivity index (χ2n) is 8.31. The minimum atomic E-state index is 0. The van der Waals surface area contributed by atoms with Gasteiger partial charge in [0.1, 0.15) is 5.69 Å². The summed E-state index contributed by atoms with van der Waals surface area (Å²) < 4.78 is 0. The van der Waals surface area contributed by atoms with Crippen LogP contribution < -0.4 is 23.0 Å². The SMILES string of the molecule is CC(C)c1ccc(Nc2nc3ccccc3nc2[NH2+]c2ccc(C(C)C)cc2)cc1.[Cl-].